The van der Waals surface area contributed by atoms with Crippen LogP contribution >= 0.6 is 0 Å². The first kappa shape index (κ1) is 23.6. The predicted molar refractivity (Wildman–Crippen MR) is 123 cm³/mol. The van der Waals surface area contributed by atoms with Crippen molar-refractivity contribution in [1.82, 2.24) is 5.32 Å². The molecule has 2 aromatic carbocycles. The molecule has 34 heavy (non-hydrogen) atoms. The summed E-state index contributed by atoms with van der Waals surface area (Å²) in [5.74, 6) is -1.77. The standard InChI is InChI=1S/C25H28N2O7/c1-6-34-24(30)25(2)20-19(21(26-25)17-13-16(32-4)10-11-18(17)33-5)22(28)27(23(20)29)14-8-7-9-15(12-14)31-3/h7-13,19-21,26H,6H2,1-5H3/t19-,20-,21-,25-/m0/s1. The van der Waals surface area contributed by atoms with Crippen LogP contribution in [-0.2, 0) is 19.1 Å². The maximum atomic E-state index is 13.8. The summed E-state index contributed by atoms with van der Waals surface area (Å²) < 4.78 is 21.5. The lowest BCUT2D eigenvalue weighted by atomic mass is 9.80. The van der Waals surface area contributed by atoms with Gasteiger partial charge in [0.2, 0.25) is 11.8 Å². The van der Waals surface area contributed by atoms with Crippen LogP contribution in [-0.4, -0.2) is 51.3 Å². The summed E-state index contributed by atoms with van der Waals surface area (Å²) >= 11 is 0. The number of carbonyl (C=O) groups excluding carboxylic acids is 3. The number of ether oxygens (including phenoxy) is 4. The Kier molecular flexibility index (Phi) is 6.22. The van der Waals surface area contributed by atoms with Gasteiger partial charge in [-0.25, -0.2) is 4.90 Å². The summed E-state index contributed by atoms with van der Waals surface area (Å²) in [6.07, 6.45) is 0. The topological polar surface area (TPSA) is 103 Å². The van der Waals surface area contributed by atoms with E-state index in [-0.39, 0.29) is 6.61 Å². The molecule has 4 atom stereocenters. The molecule has 9 nitrogen and oxygen atoms in total. The molecule has 0 aromatic heterocycles. The second-order valence-corrected chi connectivity index (χ2v) is 8.37. The van der Waals surface area contributed by atoms with E-state index in [2.05, 4.69) is 5.32 Å². The summed E-state index contributed by atoms with van der Waals surface area (Å²) in [5.41, 5.74) is -0.440. The van der Waals surface area contributed by atoms with Gasteiger partial charge in [0, 0.05) is 17.7 Å². The molecule has 0 saturated carbocycles. The van der Waals surface area contributed by atoms with E-state index in [1.54, 1.807) is 56.3 Å². The van der Waals surface area contributed by atoms with Crippen molar-refractivity contribution in [2.24, 2.45) is 11.8 Å². The van der Waals surface area contributed by atoms with E-state index in [0.717, 1.165) is 4.90 Å². The zero-order chi connectivity index (χ0) is 24.6. The van der Waals surface area contributed by atoms with E-state index >= 15 is 0 Å². The number of nitrogens with one attached hydrogen (secondary N) is 1. The van der Waals surface area contributed by atoms with Crippen molar-refractivity contribution in [2.75, 3.05) is 32.8 Å². The molecule has 2 aromatic rings. The first-order valence-electron chi connectivity index (χ1n) is 11.0. The highest BCUT2D eigenvalue weighted by atomic mass is 16.5. The highest BCUT2D eigenvalue weighted by Crippen LogP contribution is 2.52. The van der Waals surface area contributed by atoms with Crippen LogP contribution in [0.15, 0.2) is 42.5 Å². The molecule has 2 amide bonds. The quantitative estimate of drug-likeness (QED) is 0.488. The van der Waals surface area contributed by atoms with Gasteiger partial charge in [-0.1, -0.05) is 6.07 Å². The number of methoxy groups -OCH3 is 3. The van der Waals surface area contributed by atoms with Gasteiger partial charge in [0.15, 0.2) is 0 Å². The fraction of sp³-hybridized carbons (Fsp3) is 0.400. The number of rotatable bonds is 7. The maximum Gasteiger partial charge on any atom is 0.326 e. The highest BCUT2D eigenvalue weighted by molar-refractivity contribution is 6.24. The number of fused-ring (bicyclic) bond motifs is 1. The van der Waals surface area contributed by atoms with Gasteiger partial charge >= 0.3 is 5.97 Å². The number of imide groups is 1. The number of esters is 1. The van der Waals surface area contributed by atoms with Gasteiger partial charge in [-0.05, 0) is 44.2 Å². The van der Waals surface area contributed by atoms with Crippen molar-refractivity contribution in [3.05, 3.63) is 48.0 Å². The minimum absolute atomic E-state index is 0.141. The van der Waals surface area contributed by atoms with Crippen LogP contribution in [0.5, 0.6) is 17.2 Å². The Labute approximate surface area is 197 Å². The third-order valence-electron chi connectivity index (χ3n) is 6.57. The number of nitrogens with zero attached hydrogens (tertiary/aromatic N) is 1. The minimum atomic E-state index is -1.43. The number of hydrogen-bond acceptors (Lipinski definition) is 8. The summed E-state index contributed by atoms with van der Waals surface area (Å²) in [7, 11) is 4.56. The molecule has 180 valence electrons. The summed E-state index contributed by atoms with van der Waals surface area (Å²) in [5, 5.41) is 3.25. The third kappa shape index (κ3) is 3.56. The van der Waals surface area contributed by atoms with E-state index in [9.17, 15) is 14.4 Å². The molecule has 2 heterocycles. The molecule has 0 spiro atoms. The van der Waals surface area contributed by atoms with Gasteiger partial charge in [0.1, 0.15) is 22.8 Å². The molecule has 0 unspecified atom stereocenters. The molecule has 9 heteroatoms. The Balaban J connectivity index is 1.86. The van der Waals surface area contributed by atoms with E-state index in [4.69, 9.17) is 18.9 Å². The lowest BCUT2D eigenvalue weighted by molar-refractivity contribution is -0.153. The summed E-state index contributed by atoms with van der Waals surface area (Å²) in [4.78, 5) is 41.8. The van der Waals surface area contributed by atoms with Crippen LogP contribution in [0.4, 0.5) is 5.69 Å². The molecule has 2 saturated heterocycles. The van der Waals surface area contributed by atoms with Crippen LogP contribution in [0.25, 0.3) is 0 Å². The van der Waals surface area contributed by atoms with Gasteiger partial charge in [-0.2, -0.15) is 0 Å². The predicted octanol–water partition coefficient (Wildman–Crippen LogP) is 2.48. The number of carbonyl (C=O) groups is 3. The lowest BCUT2D eigenvalue weighted by Gasteiger charge is -2.29. The van der Waals surface area contributed by atoms with Gasteiger partial charge < -0.3 is 18.9 Å². The fourth-order valence-corrected chi connectivity index (χ4v) is 4.96. The van der Waals surface area contributed by atoms with Crippen LogP contribution in [0.3, 0.4) is 0 Å². The largest absolute Gasteiger partial charge is 0.497 e. The summed E-state index contributed by atoms with van der Waals surface area (Å²) in [6, 6.07) is 11.2. The Morgan fingerprint density at radius 2 is 1.71 bits per heavy atom. The summed E-state index contributed by atoms with van der Waals surface area (Å²) in [6.45, 7) is 3.44. The highest BCUT2D eigenvalue weighted by Gasteiger charge is 2.67. The molecule has 0 aliphatic carbocycles. The van der Waals surface area contributed by atoms with Crippen LogP contribution in [0.2, 0.25) is 0 Å². The Morgan fingerprint density at radius 1 is 1.00 bits per heavy atom. The molecule has 2 aliphatic rings. The number of hydrogen-bond donors (Lipinski definition) is 1. The molecular weight excluding hydrogens is 440 g/mol. The molecule has 0 radical (unpaired) electrons. The van der Waals surface area contributed by atoms with Gasteiger partial charge in [-0.3, -0.25) is 19.7 Å². The monoisotopic (exact) mass is 468 g/mol. The number of benzene rings is 2. The first-order chi connectivity index (χ1) is 16.3. The normalized spacial score (nSPS) is 25.8. The van der Waals surface area contributed by atoms with Crippen molar-refractivity contribution < 1.29 is 33.3 Å². The van der Waals surface area contributed by atoms with Crippen molar-refractivity contribution in [3.63, 3.8) is 0 Å². The third-order valence-corrected chi connectivity index (χ3v) is 6.57. The molecule has 0 bridgehead atoms. The fourth-order valence-electron chi connectivity index (χ4n) is 4.96. The van der Waals surface area contributed by atoms with Gasteiger partial charge in [0.05, 0.1) is 45.5 Å². The average molecular weight is 469 g/mol. The second kappa shape index (κ2) is 8.98. The number of amides is 2. The first-order valence-corrected chi connectivity index (χ1v) is 11.0. The minimum Gasteiger partial charge on any atom is -0.497 e. The van der Waals surface area contributed by atoms with E-state index in [1.165, 1.54) is 21.3 Å². The average Bonchev–Trinajstić information content (AvgIpc) is 3.31. The van der Waals surface area contributed by atoms with E-state index < -0.39 is 41.2 Å². The van der Waals surface area contributed by atoms with Crippen molar-refractivity contribution in [3.8, 4) is 17.2 Å². The van der Waals surface area contributed by atoms with Crippen molar-refractivity contribution in [1.29, 1.82) is 0 Å². The zero-order valence-electron chi connectivity index (χ0n) is 19.8. The van der Waals surface area contributed by atoms with Crippen molar-refractivity contribution in [2.45, 2.75) is 25.4 Å². The second-order valence-electron chi connectivity index (χ2n) is 8.37. The Morgan fingerprint density at radius 3 is 2.35 bits per heavy atom. The van der Waals surface area contributed by atoms with Crippen LogP contribution in [0.1, 0.15) is 25.5 Å². The maximum absolute atomic E-state index is 13.8. The SMILES string of the molecule is CCOC(=O)[C@@]1(C)N[C@@H](c2cc(OC)ccc2OC)[C@H]2C(=O)N(c3cccc(OC)c3)C(=O)[C@H]21. The van der Waals surface area contributed by atoms with Gasteiger partial charge in [-0.15, -0.1) is 0 Å². The zero-order valence-corrected chi connectivity index (χ0v) is 19.8. The van der Waals surface area contributed by atoms with E-state index in [0.29, 0.717) is 28.5 Å². The molecular formula is C25H28N2O7. The van der Waals surface area contributed by atoms with Crippen molar-refractivity contribution >= 4 is 23.5 Å². The molecule has 1 N–H and O–H groups in total. The number of anilines is 1. The lowest BCUT2D eigenvalue weighted by Crippen LogP contribution is -2.54. The smallest absolute Gasteiger partial charge is 0.326 e. The Hall–Kier alpha value is -3.59. The van der Waals surface area contributed by atoms with Gasteiger partial charge in [0.25, 0.3) is 0 Å². The molecule has 2 aliphatic heterocycles. The van der Waals surface area contributed by atoms with Crippen LogP contribution < -0.4 is 24.4 Å². The molecule has 4 rings (SSSR count). The molecule has 2 fully saturated rings. The Bertz CT molecular complexity index is 1130. The van der Waals surface area contributed by atoms with Crippen LogP contribution in [0, 0.1) is 11.8 Å². The van der Waals surface area contributed by atoms with E-state index in [1.807, 2.05) is 0 Å².